The zero-order chi connectivity index (χ0) is 18.4. The van der Waals surface area contributed by atoms with Crippen LogP contribution in [0.1, 0.15) is 71.4 Å². The van der Waals surface area contributed by atoms with Gasteiger partial charge in [-0.3, -0.25) is 4.79 Å². The number of carbonyl (C=O) groups is 1. The first-order valence-corrected chi connectivity index (χ1v) is 9.13. The van der Waals surface area contributed by atoms with Crippen molar-refractivity contribution >= 4 is 22.7 Å². The molecule has 1 aromatic carbocycles. The maximum absolute atomic E-state index is 13.2. The number of aromatic nitrogens is 2. The molecule has 0 radical (unpaired) electrons. The number of nitrogens with zero attached hydrogens (tertiary/aromatic N) is 2. The smallest absolute Gasteiger partial charge is 0.259 e. The van der Waals surface area contributed by atoms with Gasteiger partial charge in [0.1, 0.15) is 0 Å². The number of pyridine rings is 1. The first kappa shape index (κ1) is 16.8. The second-order valence-electron chi connectivity index (χ2n) is 7.47. The van der Waals surface area contributed by atoms with E-state index in [1.165, 1.54) is 0 Å². The van der Waals surface area contributed by atoms with Gasteiger partial charge in [0, 0.05) is 17.3 Å². The van der Waals surface area contributed by atoms with Gasteiger partial charge >= 0.3 is 0 Å². The second kappa shape index (κ2) is 6.24. The van der Waals surface area contributed by atoms with E-state index in [-0.39, 0.29) is 5.91 Å². The fourth-order valence-corrected chi connectivity index (χ4v) is 3.40. The van der Waals surface area contributed by atoms with Gasteiger partial charge in [0.05, 0.1) is 16.6 Å². The van der Waals surface area contributed by atoms with Crippen LogP contribution in [-0.2, 0) is 0 Å². The van der Waals surface area contributed by atoms with Crippen LogP contribution >= 0.6 is 0 Å². The minimum absolute atomic E-state index is 0.137. The predicted octanol–water partition coefficient (Wildman–Crippen LogP) is 5.09. The molecule has 0 aliphatic heterocycles. The number of aryl methyl sites for hydroxylation is 2. The molecule has 26 heavy (non-hydrogen) atoms. The highest BCUT2D eigenvalue weighted by atomic mass is 16.5. The summed E-state index contributed by atoms with van der Waals surface area (Å²) in [7, 11) is 0. The van der Waals surface area contributed by atoms with Crippen LogP contribution in [0.5, 0.6) is 0 Å². The van der Waals surface area contributed by atoms with Gasteiger partial charge in [-0.15, -0.1) is 0 Å². The van der Waals surface area contributed by atoms with Gasteiger partial charge in [-0.05, 0) is 49.8 Å². The molecule has 2 heterocycles. The van der Waals surface area contributed by atoms with Crippen molar-refractivity contribution in [3.05, 3.63) is 52.3 Å². The highest BCUT2D eigenvalue weighted by Gasteiger charge is 2.29. The van der Waals surface area contributed by atoms with Crippen molar-refractivity contribution in [1.82, 2.24) is 10.1 Å². The third kappa shape index (κ3) is 2.87. The van der Waals surface area contributed by atoms with E-state index in [1.807, 2.05) is 32.0 Å². The summed E-state index contributed by atoms with van der Waals surface area (Å²) < 4.78 is 5.35. The van der Waals surface area contributed by atoms with Crippen LogP contribution in [0.2, 0.25) is 0 Å². The minimum Gasteiger partial charge on any atom is -0.336 e. The summed E-state index contributed by atoms with van der Waals surface area (Å²) in [5, 5.41) is 7.85. The lowest BCUT2D eigenvalue weighted by atomic mass is 9.97. The average Bonchev–Trinajstić information content (AvgIpc) is 3.39. The van der Waals surface area contributed by atoms with Crippen molar-refractivity contribution in [1.29, 1.82) is 0 Å². The van der Waals surface area contributed by atoms with Crippen molar-refractivity contribution in [2.45, 2.75) is 52.4 Å². The molecule has 1 aliphatic carbocycles. The first-order chi connectivity index (χ1) is 12.5. The van der Waals surface area contributed by atoms with Crippen molar-refractivity contribution in [3.8, 4) is 0 Å². The Bertz CT molecular complexity index is 1000. The number of para-hydroxylation sites is 1. The number of anilines is 1. The zero-order valence-electron chi connectivity index (χ0n) is 15.6. The molecule has 0 saturated heterocycles. The quantitative estimate of drug-likeness (QED) is 0.712. The topological polar surface area (TPSA) is 68.0 Å². The highest BCUT2D eigenvalue weighted by molar-refractivity contribution is 6.12. The number of fused-ring (bicyclic) bond motifs is 1. The van der Waals surface area contributed by atoms with Gasteiger partial charge in [-0.2, -0.15) is 0 Å². The van der Waals surface area contributed by atoms with Crippen LogP contribution in [0.25, 0.3) is 11.1 Å². The van der Waals surface area contributed by atoms with E-state index >= 15 is 0 Å². The van der Waals surface area contributed by atoms with Crippen LogP contribution < -0.4 is 5.32 Å². The van der Waals surface area contributed by atoms with Crippen LogP contribution in [0.3, 0.4) is 0 Å². The molecule has 0 spiro atoms. The number of carbonyl (C=O) groups excluding carboxylic acids is 1. The predicted molar refractivity (Wildman–Crippen MR) is 102 cm³/mol. The van der Waals surface area contributed by atoms with E-state index in [0.29, 0.717) is 34.2 Å². The molecule has 1 fully saturated rings. The molecule has 5 nitrogen and oxygen atoms in total. The molecule has 134 valence electrons. The first-order valence-electron chi connectivity index (χ1n) is 9.13. The second-order valence-corrected chi connectivity index (χ2v) is 7.47. The lowest BCUT2D eigenvalue weighted by Crippen LogP contribution is -2.16. The molecule has 2 aromatic heterocycles. The molecule has 1 aliphatic rings. The van der Waals surface area contributed by atoms with Gasteiger partial charge in [-0.1, -0.05) is 37.2 Å². The van der Waals surface area contributed by atoms with Gasteiger partial charge in [-0.25, -0.2) is 4.98 Å². The molecule has 0 bridgehead atoms. The molecule has 1 amide bonds. The van der Waals surface area contributed by atoms with Gasteiger partial charge in [0.2, 0.25) is 0 Å². The maximum atomic E-state index is 13.2. The summed E-state index contributed by atoms with van der Waals surface area (Å²) in [6.07, 6.45) is 2.23. The fourth-order valence-electron chi connectivity index (χ4n) is 3.40. The molecule has 1 saturated carbocycles. The summed E-state index contributed by atoms with van der Waals surface area (Å²) in [5.41, 5.74) is 5.73. The molecule has 5 heteroatoms. The molecular formula is C21H23N3O2. The molecule has 1 N–H and O–H groups in total. The number of benzene rings is 1. The number of nitrogens with one attached hydrogen (secondary N) is 1. The monoisotopic (exact) mass is 349 g/mol. The van der Waals surface area contributed by atoms with E-state index in [4.69, 9.17) is 4.52 Å². The van der Waals surface area contributed by atoms with E-state index < -0.39 is 0 Å². The Morgan fingerprint density at radius 2 is 2.04 bits per heavy atom. The van der Waals surface area contributed by atoms with E-state index in [9.17, 15) is 4.79 Å². The highest BCUT2D eigenvalue weighted by Crippen LogP contribution is 2.40. The molecule has 0 atom stereocenters. The summed E-state index contributed by atoms with van der Waals surface area (Å²) in [5.74, 6) is 0.616. The number of hydrogen-bond acceptors (Lipinski definition) is 4. The molecule has 0 unspecified atom stereocenters. The summed E-state index contributed by atoms with van der Waals surface area (Å²) >= 11 is 0. The largest absolute Gasteiger partial charge is 0.336 e. The summed E-state index contributed by atoms with van der Waals surface area (Å²) in [6.45, 7) is 8.12. The summed E-state index contributed by atoms with van der Waals surface area (Å²) in [4.78, 5) is 17.8. The lowest BCUT2D eigenvalue weighted by Gasteiger charge is -2.17. The number of hydrogen-bond donors (Lipinski definition) is 1. The van der Waals surface area contributed by atoms with Crippen molar-refractivity contribution in [2.75, 3.05) is 5.32 Å². The van der Waals surface area contributed by atoms with Crippen LogP contribution in [0.15, 0.2) is 28.8 Å². The van der Waals surface area contributed by atoms with Crippen molar-refractivity contribution in [3.63, 3.8) is 0 Å². The van der Waals surface area contributed by atoms with E-state index in [2.05, 4.69) is 35.4 Å². The lowest BCUT2D eigenvalue weighted by molar-refractivity contribution is 0.102. The van der Waals surface area contributed by atoms with Gasteiger partial charge in [0.25, 0.3) is 11.6 Å². The van der Waals surface area contributed by atoms with Crippen LogP contribution in [0, 0.1) is 13.8 Å². The van der Waals surface area contributed by atoms with Gasteiger partial charge < -0.3 is 9.84 Å². The fraction of sp³-hybridized carbons (Fsp3) is 0.381. The zero-order valence-corrected chi connectivity index (χ0v) is 15.6. The normalized spacial score (nSPS) is 14.2. The Morgan fingerprint density at radius 1 is 1.27 bits per heavy atom. The Labute approximate surface area is 152 Å². The van der Waals surface area contributed by atoms with Gasteiger partial charge in [0.15, 0.2) is 0 Å². The van der Waals surface area contributed by atoms with E-state index in [1.54, 1.807) is 0 Å². The number of amides is 1. The summed E-state index contributed by atoms with van der Waals surface area (Å²) in [6, 6.07) is 8.02. The minimum atomic E-state index is -0.137. The third-order valence-corrected chi connectivity index (χ3v) is 5.04. The maximum Gasteiger partial charge on any atom is 0.259 e. The molecular weight excluding hydrogens is 326 g/mol. The SMILES string of the molecule is Cc1cccc(C(C)C)c1NC(=O)c1cc(C2CC2)nc2onc(C)c12. The van der Waals surface area contributed by atoms with E-state index in [0.717, 1.165) is 35.3 Å². The van der Waals surface area contributed by atoms with Crippen LogP contribution in [-0.4, -0.2) is 16.0 Å². The number of rotatable bonds is 4. The van der Waals surface area contributed by atoms with Crippen LogP contribution in [0.4, 0.5) is 5.69 Å². The molecule has 4 rings (SSSR count). The van der Waals surface area contributed by atoms with Crippen molar-refractivity contribution in [2.24, 2.45) is 0 Å². The Morgan fingerprint density at radius 3 is 2.73 bits per heavy atom. The standard InChI is InChI=1S/C21H23N3O2/c1-11(2)15-7-5-6-12(3)19(15)23-20(25)16-10-17(14-8-9-14)22-21-18(16)13(4)24-26-21/h5-7,10-11,14H,8-9H2,1-4H3,(H,23,25). The Hall–Kier alpha value is -2.69. The third-order valence-electron chi connectivity index (χ3n) is 5.04. The van der Waals surface area contributed by atoms with Crippen molar-refractivity contribution < 1.29 is 9.32 Å². The molecule has 3 aromatic rings. The Kier molecular flexibility index (Phi) is 4.02. The Balaban J connectivity index is 1.79. The average molecular weight is 349 g/mol.